The third-order valence-corrected chi connectivity index (χ3v) is 5.02. The van der Waals surface area contributed by atoms with E-state index >= 15 is 0 Å². The van der Waals surface area contributed by atoms with Gasteiger partial charge in [-0.05, 0) is 49.4 Å². The number of hydrogen-bond donors (Lipinski definition) is 2. The highest BCUT2D eigenvalue weighted by Gasteiger charge is 2.15. The van der Waals surface area contributed by atoms with Gasteiger partial charge in [0, 0.05) is 45.5 Å². The van der Waals surface area contributed by atoms with Crippen LogP contribution in [0.1, 0.15) is 18.1 Å². The Bertz CT molecular complexity index is 784. The Hall–Kier alpha value is -2.80. The van der Waals surface area contributed by atoms with Gasteiger partial charge in [0.25, 0.3) is 0 Å². The Morgan fingerprint density at radius 3 is 2.52 bits per heavy atom. The van der Waals surface area contributed by atoms with Crippen LogP contribution in [0.15, 0.2) is 47.6 Å². The zero-order valence-electron chi connectivity index (χ0n) is 17.7. The van der Waals surface area contributed by atoms with Crippen LogP contribution in [0.4, 0.5) is 5.82 Å². The topological polar surface area (TPSA) is 65.0 Å². The van der Waals surface area contributed by atoms with Crippen molar-refractivity contribution >= 4 is 11.8 Å². The highest BCUT2D eigenvalue weighted by Crippen LogP contribution is 2.15. The van der Waals surface area contributed by atoms with Gasteiger partial charge in [0.1, 0.15) is 11.6 Å². The monoisotopic (exact) mass is 396 g/mol. The van der Waals surface area contributed by atoms with E-state index in [9.17, 15) is 0 Å². The predicted octanol–water partition coefficient (Wildman–Crippen LogP) is 2.10. The number of nitrogens with zero attached hydrogens (tertiary/aromatic N) is 4. The molecule has 1 aromatic carbocycles. The molecule has 0 aliphatic carbocycles. The number of methoxy groups -OCH3 is 1. The summed E-state index contributed by atoms with van der Waals surface area (Å²) in [4.78, 5) is 14.0. The van der Waals surface area contributed by atoms with Gasteiger partial charge < -0.3 is 25.2 Å². The summed E-state index contributed by atoms with van der Waals surface area (Å²) in [5.74, 6) is 2.71. The maximum Gasteiger partial charge on any atom is 0.191 e. The van der Waals surface area contributed by atoms with E-state index < -0.39 is 0 Å². The average molecular weight is 397 g/mol. The van der Waals surface area contributed by atoms with E-state index in [0.717, 1.165) is 55.8 Å². The van der Waals surface area contributed by atoms with Crippen LogP contribution in [0.5, 0.6) is 5.75 Å². The lowest BCUT2D eigenvalue weighted by atomic mass is 10.2. The minimum atomic E-state index is 0.612. The fourth-order valence-corrected chi connectivity index (χ4v) is 3.21. The van der Waals surface area contributed by atoms with Crippen LogP contribution in [0.3, 0.4) is 0 Å². The van der Waals surface area contributed by atoms with Crippen molar-refractivity contribution in [1.82, 2.24) is 20.5 Å². The molecular formula is C22H32N6O. The number of pyridine rings is 1. The summed E-state index contributed by atoms with van der Waals surface area (Å²) in [7, 11) is 3.84. The summed E-state index contributed by atoms with van der Waals surface area (Å²) in [6.07, 6.45) is 1.89. The smallest absolute Gasteiger partial charge is 0.191 e. The molecule has 1 fully saturated rings. The Balaban J connectivity index is 1.59. The number of piperazine rings is 1. The van der Waals surface area contributed by atoms with Crippen molar-refractivity contribution in [3.8, 4) is 5.75 Å². The average Bonchev–Trinajstić information content (AvgIpc) is 2.77. The second-order valence-corrected chi connectivity index (χ2v) is 7.21. The van der Waals surface area contributed by atoms with Crippen molar-refractivity contribution in [3.63, 3.8) is 0 Å². The first-order chi connectivity index (χ1) is 14.2. The first kappa shape index (κ1) is 20.9. The molecule has 0 spiro atoms. The number of rotatable bonds is 7. The molecule has 1 aliphatic heterocycles. The molecule has 0 unspecified atom stereocenters. The lowest BCUT2D eigenvalue weighted by Crippen LogP contribution is -2.44. The van der Waals surface area contributed by atoms with Crippen molar-refractivity contribution in [2.45, 2.75) is 20.0 Å². The number of likely N-dealkylation sites (N-methyl/N-ethyl adjacent to an activating group) is 1. The van der Waals surface area contributed by atoms with E-state index in [1.54, 1.807) is 7.11 Å². The highest BCUT2D eigenvalue weighted by molar-refractivity contribution is 5.79. The van der Waals surface area contributed by atoms with Gasteiger partial charge in [0.2, 0.25) is 0 Å². The zero-order valence-corrected chi connectivity index (χ0v) is 17.7. The van der Waals surface area contributed by atoms with Crippen molar-refractivity contribution in [3.05, 3.63) is 53.7 Å². The van der Waals surface area contributed by atoms with E-state index in [4.69, 9.17) is 9.73 Å². The van der Waals surface area contributed by atoms with Crippen LogP contribution in [0, 0.1) is 0 Å². The zero-order chi connectivity index (χ0) is 20.5. The van der Waals surface area contributed by atoms with Crippen LogP contribution >= 0.6 is 0 Å². The molecule has 0 radical (unpaired) electrons. The fraction of sp³-hybridized carbons (Fsp3) is 0.455. The SMILES string of the molecule is CCNC(=NCc1ccnc(N2CCN(C)CC2)c1)NCc1ccc(OC)cc1. The van der Waals surface area contributed by atoms with Gasteiger partial charge in [-0.3, -0.25) is 0 Å². The summed E-state index contributed by atoms with van der Waals surface area (Å²) < 4.78 is 5.21. The predicted molar refractivity (Wildman–Crippen MR) is 119 cm³/mol. The Morgan fingerprint density at radius 1 is 1.07 bits per heavy atom. The quantitative estimate of drug-likeness (QED) is 0.552. The third-order valence-electron chi connectivity index (χ3n) is 5.02. The lowest BCUT2D eigenvalue weighted by molar-refractivity contribution is 0.312. The standard InChI is InChI=1S/C22H32N6O/c1-4-23-22(25-16-18-5-7-20(29-3)8-6-18)26-17-19-9-10-24-21(15-19)28-13-11-27(2)12-14-28/h5-10,15H,4,11-14,16-17H2,1-3H3,(H2,23,25,26). The van der Waals surface area contributed by atoms with Gasteiger partial charge in [-0.1, -0.05) is 12.1 Å². The number of benzene rings is 1. The maximum absolute atomic E-state index is 5.21. The Morgan fingerprint density at radius 2 is 1.83 bits per heavy atom. The summed E-state index contributed by atoms with van der Waals surface area (Å²) >= 11 is 0. The van der Waals surface area contributed by atoms with Gasteiger partial charge in [-0.2, -0.15) is 0 Å². The molecule has 2 heterocycles. The molecule has 3 rings (SSSR count). The maximum atomic E-state index is 5.21. The minimum absolute atomic E-state index is 0.612. The molecule has 29 heavy (non-hydrogen) atoms. The number of nitrogens with one attached hydrogen (secondary N) is 2. The van der Waals surface area contributed by atoms with E-state index in [0.29, 0.717) is 13.1 Å². The number of ether oxygens (including phenoxy) is 1. The first-order valence-corrected chi connectivity index (χ1v) is 10.2. The molecule has 0 amide bonds. The lowest BCUT2D eigenvalue weighted by Gasteiger charge is -2.33. The third kappa shape index (κ3) is 6.35. The van der Waals surface area contributed by atoms with E-state index in [2.05, 4.69) is 57.6 Å². The molecule has 1 aromatic heterocycles. The van der Waals surface area contributed by atoms with Crippen molar-refractivity contribution in [1.29, 1.82) is 0 Å². The molecule has 1 aliphatic rings. The van der Waals surface area contributed by atoms with Gasteiger partial charge in [0.15, 0.2) is 5.96 Å². The van der Waals surface area contributed by atoms with Crippen molar-refractivity contribution in [2.24, 2.45) is 4.99 Å². The fourth-order valence-electron chi connectivity index (χ4n) is 3.21. The van der Waals surface area contributed by atoms with Gasteiger partial charge >= 0.3 is 0 Å². The van der Waals surface area contributed by atoms with E-state index in [-0.39, 0.29) is 0 Å². The van der Waals surface area contributed by atoms with Gasteiger partial charge in [0.05, 0.1) is 13.7 Å². The summed E-state index contributed by atoms with van der Waals surface area (Å²) in [5.41, 5.74) is 2.34. The second-order valence-electron chi connectivity index (χ2n) is 7.21. The number of guanidine groups is 1. The molecule has 156 valence electrons. The molecule has 2 aromatic rings. The molecule has 0 atom stereocenters. The normalized spacial score (nSPS) is 15.3. The number of anilines is 1. The van der Waals surface area contributed by atoms with Crippen LogP contribution in [0.2, 0.25) is 0 Å². The molecule has 7 nitrogen and oxygen atoms in total. The minimum Gasteiger partial charge on any atom is -0.497 e. The summed E-state index contributed by atoms with van der Waals surface area (Å²) in [6, 6.07) is 12.2. The summed E-state index contributed by atoms with van der Waals surface area (Å²) in [6.45, 7) is 8.39. The van der Waals surface area contributed by atoms with E-state index in [1.165, 1.54) is 5.56 Å². The molecule has 1 saturated heterocycles. The number of aromatic nitrogens is 1. The van der Waals surface area contributed by atoms with Crippen LogP contribution in [0.25, 0.3) is 0 Å². The highest BCUT2D eigenvalue weighted by atomic mass is 16.5. The molecule has 7 heteroatoms. The van der Waals surface area contributed by atoms with Gasteiger partial charge in [-0.25, -0.2) is 9.98 Å². The largest absolute Gasteiger partial charge is 0.497 e. The van der Waals surface area contributed by atoms with Crippen LogP contribution < -0.4 is 20.3 Å². The Kier molecular flexibility index (Phi) is 7.69. The molecule has 2 N–H and O–H groups in total. The number of hydrogen-bond acceptors (Lipinski definition) is 5. The van der Waals surface area contributed by atoms with Gasteiger partial charge in [-0.15, -0.1) is 0 Å². The second kappa shape index (κ2) is 10.7. The molecule has 0 bridgehead atoms. The first-order valence-electron chi connectivity index (χ1n) is 10.2. The van der Waals surface area contributed by atoms with E-state index in [1.807, 2.05) is 24.4 Å². The number of aliphatic imine (C=N–C) groups is 1. The van der Waals surface area contributed by atoms with Crippen molar-refractivity contribution < 1.29 is 4.74 Å². The van der Waals surface area contributed by atoms with Crippen LogP contribution in [-0.4, -0.2) is 62.7 Å². The molecular weight excluding hydrogens is 364 g/mol. The Labute approximate surface area is 173 Å². The van der Waals surface area contributed by atoms with Crippen LogP contribution in [-0.2, 0) is 13.1 Å². The molecule has 0 saturated carbocycles. The van der Waals surface area contributed by atoms with Crippen molar-refractivity contribution in [2.75, 3.05) is 51.8 Å². The summed E-state index contributed by atoms with van der Waals surface area (Å²) in [5, 5.41) is 6.71.